The van der Waals surface area contributed by atoms with Crippen molar-refractivity contribution < 1.29 is 0 Å². The van der Waals surface area contributed by atoms with E-state index in [9.17, 15) is 0 Å². The van der Waals surface area contributed by atoms with Gasteiger partial charge in [-0.25, -0.2) is 4.31 Å². The van der Waals surface area contributed by atoms with Gasteiger partial charge in [0, 0.05) is 15.9 Å². The van der Waals surface area contributed by atoms with Gasteiger partial charge in [0.2, 0.25) is 0 Å². The van der Waals surface area contributed by atoms with Crippen LogP contribution in [-0.4, -0.2) is 11.4 Å². The second-order valence-electron chi connectivity index (χ2n) is 2.61. The van der Waals surface area contributed by atoms with Crippen LogP contribution < -0.4 is 0 Å². The van der Waals surface area contributed by atoms with Gasteiger partial charge in [0.15, 0.2) is 0 Å². The summed E-state index contributed by atoms with van der Waals surface area (Å²) in [5.74, 6) is 0. The summed E-state index contributed by atoms with van der Waals surface area (Å²) >= 11 is 5.33. The monoisotopic (exact) mass is 229 g/mol. The van der Waals surface area contributed by atoms with Gasteiger partial charge in [0.25, 0.3) is 0 Å². The van der Waals surface area contributed by atoms with Crippen LogP contribution in [0.3, 0.4) is 0 Å². The molecule has 1 aliphatic heterocycles. The molecule has 0 atom stereocenters. The zero-order chi connectivity index (χ0) is 7.84. The molecular weight excluding hydrogens is 222 g/mol. The molecule has 0 saturated heterocycles. The van der Waals surface area contributed by atoms with Crippen LogP contribution in [0.2, 0.25) is 0 Å². The first kappa shape index (κ1) is 7.65. The molecule has 0 N–H and O–H groups in total. The van der Waals surface area contributed by atoms with Gasteiger partial charge in [0.05, 0.1) is 0 Å². The van der Waals surface area contributed by atoms with Crippen molar-refractivity contribution in [3.8, 4) is 0 Å². The molecule has 0 fully saturated rings. The molecular formula is C8H8BrNS. The minimum Gasteiger partial charge on any atom is -0.245 e. The van der Waals surface area contributed by atoms with E-state index in [1.807, 2.05) is 0 Å². The van der Waals surface area contributed by atoms with Gasteiger partial charge in [-0.3, -0.25) is 0 Å². The Bertz CT molecular complexity index is 287. The van der Waals surface area contributed by atoms with Crippen LogP contribution in [0.15, 0.2) is 27.6 Å². The molecule has 0 spiro atoms. The Morgan fingerprint density at radius 2 is 2.36 bits per heavy atom. The second-order valence-corrected chi connectivity index (χ2v) is 4.67. The molecule has 0 unspecified atom stereocenters. The lowest BCUT2D eigenvalue weighted by Gasteiger charge is -2.01. The average Bonchev–Trinajstić information content (AvgIpc) is 2.31. The summed E-state index contributed by atoms with van der Waals surface area (Å²) in [5, 5.41) is 0. The Morgan fingerprint density at radius 3 is 3.09 bits per heavy atom. The van der Waals surface area contributed by atoms with E-state index in [0.717, 1.165) is 6.54 Å². The third kappa shape index (κ3) is 1.33. The first-order chi connectivity index (χ1) is 5.27. The molecule has 3 heteroatoms. The van der Waals surface area contributed by atoms with Crippen LogP contribution in [0, 0.1) is 0 Å². The molecule has 1 aromatic rings. The number of nitrogens with zero attached hydrogens (tertiary/aromatic N) is 1. The van der Waals surface area contributed by atoms with E-state index in [0.29, 0.717) is 0 Å². The van der Waals surface area contributed by atoms with Gasteiger partial charge in [0.1, 0.15) is 0 Å². The van der Waals surface area contributed by atoms with Crippen molar-refractivity contribution in [3.63, 3.8) is 0 Å². The normalized spacial score (nSPS) is 16.9. The highest BCUT2D eigenvalue weighted by atomic mass is 79.9. The van der Waals surface area contributed by atoms with E-state index in [2.05, 4.69) is 45.5 Å². The summed E-state index contributed by atoms with van der Waals surface area (Å²) in [4.78, 5) is 1.37. The summed E-state index contributed by atoms with van der Waals surface area (Å²) < 4.78 is 3.44. The maximum Gasteiger partial charge on any atom is 0.0417 e. The lowest BCUT2D eigenvalue weighted by molar-refractivity contribution is 0.581. The smallest absolute Gasteiger partial charge is 0.0417 e. The van der Waals surface area contributed by atoms with E-state index in [4.69, 9.17) is 0 Å². The maximum absolute atomic E-state index is 3.53. The van der Waals surface area contributed by atoms with Crippen LogP contribution in [0.1, 0.15) is 5.56 Å². The number of hydrogen-bond acceptors (Lipinski definition) is 2. The van der Waals surface area contributed by atoms with Crippen molar-refractivity contribution in [2.45, 2.75) is 11.4 Å². The van der Waals surface area contributed by atoms with Crippen molar-refractivity contribution >= 4 is 27.9 Å². The zero-order valence-electron chi connectivity index (χ0n) is 6.17. The van der Waals surface area contributed by atoms with Crippen molar-refractivity contribution in [2.75, 3.05) is 7.05 Å². The first-order valence-corrected chi connectivity index (χ1v) is 5.00. The number of benzene rings is 1. The molecule has 0 bridgehead atoms. The SMILES string of the molecule is CN1Cc2cccc(Br)c2S1. The number of halogens is 1. The van der Waals surface area contributed by atoms with E-state index >= 15 is 0 Å². The minimum absolute atomic E-state index is 1.06. The van der Waals surface area contributed by atoms with E-state index in [-0.39, 0.29) is 0 Å². The molecule has 0 radical (unpaired) electrons. The molecule has 0 aromatic heterocycles. The summed E-state index contributed by atoms with van der Waals surface area (Å²) in [6, 6.07) is 6.35. The molecule has 0 amide bonds. The first-order valence-electron chi connectivity index (χ1n) is 3.44. The molecule has 1 heterocycles. The number of rotatable bonds is 0. The molecule has 11 heavy (non-hydrogen) atoms. The highest BCUT2D eigenvalue weighted by Gasteiger charge is 2.17. The maximum atomic E-state index is 3.53. The van der Waals surface area contributed by atoms with Gasteiger partial charge >= 0.3 is 0 Å². The number of fused-ring (bicyclic) bond motifs is 1. The molecule has 0 aliphatic carbocycles. The highest BCUT2D eigenvalue weighted by Crippen LogP contribution is 2.39. The molecule has 0 saturated carbocycles. The van der Waals surface area contributed by atoms with Crippen LogP contribution >= 0.6 is 27.9 Å². The summed E-state index contributed by atoms with van der Waals surface area (Å²) in [5.41, 5.74) is 1.42. The van der Waals surface area contributed by atoms with Gasteiger partial charge in [-0.1, -0.05) is 12.1 Å². The Kier molecular flexibility index (Phi) is 1.95. The zero-order valence-corrected chi connectivity index (χ0v) is 8.58. The van der Waals surface area contributed by atoms with Gasteiger partial charge in [-0.05, 0) is 46.6 Å². The summed E-state index contributed by atoms with van der Waals surface area (Å²) in [6.45, 7) is 1.06. The lowest BCUT2D eigenvalue weighted by atomic mass is 10.2. The minimum atomic E-state index is 1.06. The molecule has 1 aromatic carbocycles. The summed E-state index contributed by atoms with van der Waals surface area (Å²) in [6.07, 6.45) is 0. The van der Waals surface area contributed by atoms with Crippen LogP contribution in [0.25, 0.3) is 0 Å². The van der Waals surface area contributed by atoms with Crippen LogP contribution in [0.5, 0.6) is 0 Å². The van der Waals surface area contributed by atoms with Crippen molar-refractivity contribution in [1.82, 2.24) is 4.31 Å². The fourth-order valence-electron chi connectivity index (χ4n) is 1.21. The number of hydrogen-bond donors (Lipinski definition) is 0. The van der Waals surface area contributed by atoms with Crippen LogP contribution in [-0.2, 0) is 6.54 Å². The third-order valence-electron chi connectivity index (χ3n) is 1.69. The van der Waals surface area contributed by atoms with Crippen molar-refractivity contribution in [3.05, 3.63) is 28.2 Å². The van der Waals surface area contributed by atoms with Crippen LogP contribution in [0.4, 0.5) is 0 Å². The fourth-order valence-corrected chi connectivity index (χ4v) is 2.75. The summed E-state index contributed by atoms with van der Waals surface area (Å²) in [7, 11) is 2.11. The third-order valence-corrected chi connectivity index (χ3v) is 3.72. The Morgan fingerprint density at radius 1 is 1.55 bits per heavy atom. The van der Waals surface area contributed by atoms with Gasteiger partial charge in [-0.15, -0.1) is 0 Å². The lowest BCUT2D eigenvalue weighted by Crippen LogP contribution is -1.99. The average molecular weight is 230 g/mol. The second kappa shape index (κ2) is 2.81. The topological polar surface area (TPSA) is 3.24 Å². The predicted octanol–water partition coefficient (Wildman–Crippen LogP) is 2.90. The Hall–Kier alpha value is 0.01000. The quantitative estimate of drug-likeness (QED) is 0.630. The van der Waals surface area contributed by atoms with E-state index in [1.54, 1.807) is 11.9 Å². The highest BCUT2D eigenvalue weighted by molar-refractivity contribution is 9.10. The van der Waals surface area contributed by atoms with Crippen molar-refractivity contribution in [2.24, 2.45) is 0 Å². The molecule has 2 rings (SSSR count). The Balaban J connectivity index is 2.49. The van der Waals surface area contributed by atoms with Gasteiger partial charge < -0.3 is 0 Å². The molecule has 1 nitrogen and oxygen atoms in total. The van der Waals surface area contributed by atoms with Gasteiger partial charge in [-0.2, -0.15) is 0 Å². The predicted molar refractivity (Wildman–Crippen MR) is 51.5 cm³/mol. The fraction of sp³-hybridized carbons (Fsp3) is 0.250. The van der Waals surface area contributed by atoms with E-state index in [1.165, 1.54) is 14.9 Å². The van der Waals surface area contributed by atoms with E-state index < -0.39 is 0 Å². The Labute approximate surface area is 79.0 Å². The molecule has 1 aliphatic rings. The molecule has 58 valence electrons. The standard InChI is InChI=1S/C8H8BrNS/c1-10-5-6-3-2-4-7(9)8(6)11-10/h2-4H,5H2,1H3. The van der Waals surface area contributed by atoms with Crippen molar-refractivity contribution in [1.29, 1.82) is 0 Å². The largest absolute Gasteiger partial charge is 0.245 e.